The molecule has 5 heteroatoms. The smallest absolute Gasteiger partial charge is 0.269 e. The van der Waals surface area contributed by atoms with Crippen LogP contribution in [0.5, 0.6) is 0 Å². The van der Waals surface area contributed by atoms with Gasteiger partial charge in [0.15, 0.2) is 0 Å². The molecule has 2 atom stereocenters. The van der Waals surface area contributed by atoms with Crippen LogP contribution < -0.4 is 5.73 Å². The monoisotopic (exact) mass is 222 g/mol. The molecule has 0 saturated heterocycles. The van der Waals surface area contributed by atoms with Crippen molar-refractivity contribution in [3.63, 3.8) is 0 Å². The van der Waals surface area contributed by atoms with Gasteiger partial charge in [-0.1, -0.05) is 19.9 Å². The summed E-state index contributed by atoms with van der Waals surface area (Å²) < 4.78 is 0. The van der Waals surface area contributed by atoms with E-state index in [9.17, 15) is 15.2 Å². The standard InChI is InChI=1S/C11H14N2O3/c1-11(2)8-4-3-6(13(15)16)5-7(8)9(12)10(11)14/h3-5,9-10,14H,12H2,1-2H3. The van der Waals surface area contributed by atoms with Gasteiger partial charge in [0.2, 0.25) is 0 Å². The van der Waals surface area contributed by atoms with E-state index < -0.39 is 22.5 Å². The van der Waals surface area contributed by atoms with Gasteiger partial charge in [-0.15, -0.1) is 0 Å². The molecule has 3 N–H and O–H groups in total. The van der Waals surface area contributed by atoms with E-state index in [1.807, 2.05) is 13.8 Å². The summed E-state index contributed by atoms with van der Waals surface area (Å²) in [7, 11) is 0. The van der Waals surface area contributed by atoms with Crippen LogP contribution in [0.2, 0.25) is 0 Å². The molecule has 0 aromatic heterocycles. The third-order valence-electron chi connectivity index (χ3n) is 3.38. The molecule has 0 spiro atoms. The summed E-state index contributed by atoms with van der Waals surface area (Å²) in [4.78, 5) is 10.2. The lowest BCUT2D eigenvalue weighted by molar-refractivity contribution is -0.384. The van der Waals surface area contributed by atoms with Crippen molar-refractivity contribution in [2.75, 3.05) is 0 Å². The van der Waals surface area contributed by atoms with Crippen LogP contribution in [0.3, 0.4) is 0 Å². The predicted molar refractivity (Wildman–Crippen MR) is 59.1 cm³/mol. The second-order valence-electron chi connectivity index (χ2n) is 4.72. The largest absolute Gasteiger partial charge is 0.390 e. The van der Waals surface area contributed by atoms with Crippen LogP contribution in [0.15, 0.2) is 18.2 Å². The van der Waals surface area contributed by atoms with Gasteiger partial charge in [0.05, 0.1) is 17.1 Å². The number of benzene rings is 1. The lowest BCUT2D eigenvalue weighted by Gasteiger charge is -2.25. The highest BCUT2D eigenvalue weighted by molar-refractivity contribution is 5.49. The van der Waals surface area contributed by atoms with Crippen LogP contribution in [-0.4, -0.2) is 16.1 Å². The van der Waals surface area contributed by atoms with Crippen LogP contribution >= 0.6 is 0 Å². The number of aliphatic hydroxyl groups excluding tert-OH is 1. The fraction of sp³-hybridized carbons (Fsp3) is 0.455. The minimum Gasteiger partial charge on any atom is -0.390 e. The van der Waals surface area contributed by atoms with Crippen molar-refractivity contribution in [3.8, 4) is 0 Å². The maximum atomic E-state index is 10.7. The molecule has 5 nitrogen and oxygen atoms in total. The quantitative estimate of drug-likeness (QED) is 0.552. The highest BCUT2D eigenvalue weighted by atomic mass is 16.6. The second-order valence-corrected chi connectivity index (χ2v) is 4.72. The molecule has 1 aliphatic carbocycles. The van der Waals surface area contributed by atoms with Crippen molar-refractivity contribution in [3.05, 3.63) is 39.4 Å². The fourth-order valence-electron chi connectivity index (χ4n) is 2.30. The SMILES string of the molecule is CC1(C)c2ccc([N+](=O)[O-])cc2C(N)C1O. The average molecular weight is 222 g/mol. The number of non-ortho nitro benzene ring substituents is 1. The number of nitrogens with two attached hydrogens (primary N) is 1. The van der Waals surface area contributed by atoms with Crippen LogP contribution in [0.25, 0.3) is 0 Å². The van der Waals surface area contributed by atoms with Gasteiger partial charge in [-0.3, -0.25) is 10.1 Å². The van der Waals surface area contributed by atoms with Gasteiger partial charge in [-0.25, -0.2) is 0 Å². The summed E-state index contributed by atoms with van der Waals surface area (Å²) in [5.41, 5.74) is 6.98. The highest BCUT2D eigenvalue weighted by Crippen LogP contribution is 2.44. The molecule has 1 aliphatic rings. The van der Waals surface area contributed by atoms with Gasteiger partial charge in [-0.05, 0) is 11.1 Å². The Morgan fingerprint density at radius 2 is 2.12 bits per heavy atom. The summed E-state index contributed by atoms with van der Waals surface area (Å²) in [6.07, 6.45) is -0.704. The molecule has 0 amide bonds. The molecule has 2 unspecified atom stereocenters. The Bertz CT molecular complexity index is 457. The second kappa shape index (κ2) is 3.26. The summed E-state index contributed by atoms with van der Waals surface area (Å²) >= 11 is 0. The Labute approximate surface area is 93.0 Å². The molecule has 0 radical (unpaired) electrons. The fourth-order valence-corrected chi connectivity index (χ4v) is 2.30. The zero-order valence-electron chi connectivity index (χ0n) is 9.18. The first-order chi connectivity index (χ1) is 7.35. The minimum atomic E-state index is -0.704. The van der Waals surface area contributed by atoms with Crippen molar-refractivity contribution in [2.45, 2.75) is 31.4 Å². The van der Waals surface area contributed by atoms with Gasteiger partial charge >= 0.3 is 0 Å². The minimum absolute atomic E-state index is 0.0131. The van der Waals surface area contributed by atoms with E-state index in [0.29, 0.717) is 5.56 Å². The molecule has 2 rings (SSSR count). The summed E-state index contributed by atoms with van der Waals surface area (Å²) in [6.45, 7) is 3.77. The van der Waals surface area contributed by atoms with E-state index in [4.69, 9.17) is 5.73 Å². The Hall–Kier alpha value is -1.46. The number of nitro groups is 1. The highest BCUT2D eigenvalue weighted by Gasteiger charge is 2.44. The topological polar surface area (TPSA) is 89.4 Å². The Balaban J connectivity index is 2.59. The zero-order valence-corrected chi connectivity index (χ0v) is 9.18. The van der Waals surface area contributed by atoms with Gasteiger partial charge in [-0.2, -0.15) is 0 Å². The van der Waals surface area contributed by atoms with Crippen molar-refractivity contribution in [2.24, 2.45) is 5.73 Å². The molecule has 0 fully saturated rings. The van der Waals surface area contributed by atoms with Gasteiger partial charge in [0.25, 0.3) is 5.69 Å². The number of hydrogen-bond donors (Lipinski definition) is 2. The van der Waals surface area contributed by atoms with Crippen molar-refractivity contribution >= 4 is 5.69 Å². The van der Waals surface area contributed by atoms with Crippen LogP contribution in [0.4, 0.5) is 5.69 Å². The first-order valence-electron chi connectivity index (χ1n) is 5.08. The molecule has 1 aromatic rings. The lowest BCUT2D eigenvalue weighted by Crippen LogP contribution is -2.34. The maximum Gasteiger partial charge on any atom is 0.269 e. The molecule has 1 aromatic carbocycles. The Morgan fingerprint density at radius 3 is 2.69 bits per heavy atom. The molecule has 0 aliphatic heterocycles. The van der Waals surface area contributed by atoms with E-state index >= 15 is 0 Å². The lowest BCUT2D eigenvalue weighted by atomic mass is 9.84. The van der Waals surface area contributed by atoms with Crippen LogP contribution in [0, 0.1) is 10.1 Å². The van der Waals surface area contributed by atoms with E-state index in [1.165, 1.54) is 12.1 Å². The van der Waals surface area contributed by atoms with Crippen molar-refractivity contribution in [1.82, 2.24) is 0 Å². The molecule has 16 heavy (non-hydrogen) atoms. The predicted octanol–water partition coefficient (Wildman–Crippen LogP) is 1.25. The Morgan fingerprint density at radius 1 is 1.50 bits per heavy atom. The number of nitrogens with zero attached hydrogens (tertiary/aromatic N) is 1. The van der Waals surface area contributed by atoms with Gasteiger partial charge in [0.1, 0.15) is 0 Å². The first-order valence-corrected chi connectivity index (χ1v) is 5.08. The van der Waals surface area contributed by atoms with Gasteiger partial charge in [0, 0.05) is 17.5 Å². The summed E-state index contributed by atoms with van der Waals surface area (Å²) in [6, 6.07) is 4.04. The van der Waals surface area contributed by atoms with Crippen molar-refractivity contribution in [1.29, 1.82) is 0 Å². The third kappa shape index (κ3) is 1.32. The summed E-state index contributed by atoms with van der Waals surface area (Å²) in [5.74, 6) is 0. The number of nitro benzene ring substituents is 1. The number of hydrogen-bond acceptors (Lipinski definition) is 4. The van der Waals surface area contributed by atoms with E-state index in [2.05, 4.69) is 0 Å². The summed E-state index contributed by atoms with van der Waals surface area (Å²) in [5, 5.41) is 20.6. The van der Waals surface area contributed by atoms with E-state index in [-0.39, 0.29) is 5.69 Å². The average Bonchev–Trinajstić information content (AvgIpc) is 2.40. The number of aliphatic hydroxyl groups is 1. The van der Waals surface area contributed by atoms with Crippen LogP contribution in [0.1, 0.15) is 31.0 Å². The van der Waals surface area contributed by atoms with Crippen molar-refractivity contribution < 1.29 is 10.0 Å². The molecule has 0 bridgehead atoms. The normalized spacial score (nSPS) is 26.5. The number of fused-ring (bicyclic) bond motifs is 1. The third-order valence-corrected chi connectivity index (χ3v) is 3.38. The van der Waals surface area contributed by atoms with E-state index in [0.717, 1.165) is 5.56 Å². The molecule has 0 heterocycles. The molecular formula is C11H14N2O3. The molecular weight excluding hydrogens is 208 g/mol. The van der Waals surface area contributed by atoms with Crippen LogP contribution in [-0.2, 0) is 5.41 Å². The zero-order chi connectivity index (χ0) is 12.1. The van der Waals surface area contributed by atoms with E-state index in [1.54, 1.807) is 6.07 Å². The molecule has 0 saturated carbocycles. The molecule has 86 valence electrons. The number of rotatable bonds is 1. The maximum absolute atomic E-state index is 10.7. The van der Waals surface area contributed by atoms with Gasteiger partial charge < -0.3 is 10.8 Å². The Kier molecular flexibility index (Phi) is 2.25. The first kappa shape index (κ1) is 11.0.